The maximum Gasteiger partial charge on any atom is 0.0381 e. The molecule has 2 unspecified atom stereocenters. The van der Waals surface area contributed by atoms with Crippen molar-refractivity contribution < 1.29 is 0 Å². The molecular weight excluding hydrogens is 256 g/mol. The molecule has 2 atom stereocenters. The summed E-state index contributed by atoms with van der Waals surface area (Å²) < 4.78 is 0. The zero-order valence-electron chi connectivity index (χ0n) is 14.4. The van der Waals surface area contributed by atoms with Crippen LogP contribution in [-0.4, -0.2) is 20.1 Å². The van der Waals surface area contributed by atoms with E-state index in [9.17, 15) is 0 Å². The standard InChI is InChI=1S/C19H32N2/c1-19(2,3)15-8-6-9-16(13-12-15)20-17-10-7-11-18(14-17)21(4)5/h7,10-11,14-16,20H,6,8-9,12-13H2,1-5H3. The number of nitrogens with one attached hydrogen (secondary N) is 1. The first-order valence-electron chi connectivity index (χ1n) is 8.40. The number of anilines is 2. The first kappa shape index (κ1) is 16.2. The van der Waals surface area contributed by atoms with Crippen LogP contribution < -0.4 is 10.2 Å². The average molecular weight is 288 g/mol. The quantitative estimate of drug-likeness (QED) is 0.773. The van der Waals surface area contributed by atoms with E-state index in [1.165, 1.54) is 43.5 Å². The van der Waals surface area contributed by atoms with Gasteiger partial charge in [0.05, 0.1) is 0 Å². The summed E-state index contributed by atoms with van der Waals surface area (Å²) in [5.41, 5.74) is 2.99. The maximum absolute atomic E-state index is 3.76. The summed E-state index contributed by atoms with van der Waals surface area (Å²) in [5, 5.41) is 3.76. The van der Waals surface area contributed by atoms with E-state index >= 15 is 0 Å². The highest BCUT2D eigenvalue weighted by molar-refractivity contribution is 5.57. The molecule has 0 radical (unpaired) electrons. The zero-order valence-corrected chi connectivity index (χ0v) is 14.4. The van der Waals surface area contributed by atoms with Gasteiger partial charge >= 0.3 is 0 Å². The van der Waals surface area contributed by atoms with E-state index in [-0.39, 0.29) is 0 Å². The molecule has 2 rings (SSSR count). The van der Waals surface area contributed by atoms with Crippen LogP contribution in [0.15, 0.2) is 24.3 Å². The zero-order chi connectivity index (χ0) is 15.5. The Morgan fingerprint density at radius 1 is 1.05 bits per heavy atom. The van der Waals surface area contributed by atoms with Crippen LogP contribution in [0.1, 0.15) is 52.9 Å². The number of nitrogens with zero attached hydrogens (tertiary/aromatic N) is 1. The highest BCUT2D eigenvalue weighted by Gasteiger charge is 2.27. The van der Waals surface area contributed by atoms with Crippen molar-refractivity contribution in [3.63, 3.8) is 0 Å². The molecule has 2 nitrogen and oxygen atoms in total. The Morgan fingerprint density at radius 2 is 1.81 bits per heavy atom. The van der Waals surface area contributed by atoms with Crippen LogP contribution in [0.25, 0.3) is 0 Å². The van der Waals surface area contributed by atoms with Crippen LogP contribution in [-0.2, 0) is 0 Å². The molecule has 1 aromatic rings. The second-order valence-corrected chi connectivity index (χ2v) is 7.86. The van der Waals surface area contributed by atoms with E-state index in [0.717, 1.165) is 5.92 Å². The van der Waals surface area contributed by atoms with Crippen LogP contribution in [0.5, 0.6) is 0 Å². The Morgan fingerprint density at radius 3 is 2.48 bits per heavy atom. The lowest BCUT2D eigenvalue weighted by Gasteiger charge is -2.29. The summed E-state index contributed by atoms with van der Waals surface area (Å²) in [7, 11) is 4.19. The largest absolute Gasteiger partial charge is 0.382 e. The van der Waals surface area contributed by atoms with Crippen LogP contribution in [0.3, 0.4) is 0 Å². The average Bonchev–Trinajstić information content (AvgIpc) is 2.64. The smallest absolute Gasteiger partial charge is 0.0381 e. The predicted molar refractivity (Wildman–Crippen MR) is 94.2 cm³/mol. The first-order valence-corrected chi connectivity index (χ1v) is 8.40. The van der Waals surface area contributed by atoms with Gasteiger partial charge in [0.2, 0.25) is 0 Å². The van der Waals surface area contributed by atoms with Crippen molar-refractivity contribution in [2.45, 2.75) is 58.9 Å². The van der Waals surface area contributed by atoms with E-state index in [2.05, 4.69) is 69.3 Å². The fourth-order valence-corrected chi connectivity index (χ4v) is 3.42. The van der Waals surface area contributed by atoms with Crippen molar-refractivity contribution >= 4 is 11.4 Å². The molecule has 1 aliphatic carbocycles. The lowest BCUT2D eigenvalue weighted by molar-refractivity contribution is 0.214. The van der Waals surface area contributed by atoms with Crippen molar-refractivity contribution in [3.05, 3.63) is 24.3 Å². The van der Waals surface area contributed by atoms with Gasteiger partial charge in [0, 0.05) is 31.5 Å². The van der Waals surface area contributed by atoms with E-state index < -0.39 is 0 Å². The van der Waals surface area contributed by atoms with Crippen molar-refractivity contribution in [1.29, 1.82) is 0 Å². The number of benzene rings is 1. The highest BCUT2D eigenvalue weighted by Crippen LogP contribution is 2.37. The minimum absolute atomic E-state index is 0.458. The van der Waals surface area contributed by atoms with Gasteiger partial charge in [0.25, 0.3) is 0 Å². The lowest BCUT2D eigenvalue weighted by atomic mass is 9.76. The minimum atomic E-state index is 0.458. The molecular formula is C19H32N2. The third kappa shape index (κ3) is 4.66. The van der Waals surface area contributed by atoms with Gasteiger partial charge in [-0.2, -0.15) is 0 Å². The van der Waals surface area contributed by atoms with Gasteiger partial charge in [0.15, 0.2) is 0 Å². The Balaban J connectivity index is 1.96. The number of rotatable bonds is 3. The molecule has 0 spiro atoms. The van der Waals surface area contributed by atoms with E-state index in [1.807, 2.05) is 0 Å². The lowest BCUT2D eigenvalue weighted by Crippen LogP contribution is -2.21. The Hall–Kier alpha value is -1.18. The van der Waals surface area contributed by atoms with E-state index in [0.29, 0.717) is 11.5 Å². The van der Waals surface area contributed by atoms with Gasteiger partial charge in [-0.25, -0.2) is 0 Å². The summed E-state index contributed by atoms with van der Waals surface area (Å²) in [4.78, 5) is 2.16. The summed E-state index contributed by atoms with van der Waals surface area (Å²) in [6, 6.07) is 9.39. The molecule has 0 saturated heterocycles. The van der Waals surface area contributed by atoms with Gasteiger partial charge in [-0.3, -0.25) is 0 Å². The molecule has 2 heteroatoms. The Labute approximate surface area is 130 Å². The predicted octanol–water partition coefficient (Wildman–Crippen LogP) is 5.16. The fraction of sp³-hybridized carbons (Fsp3) is 0.684. The molecule has 1 saturated carbocycles. The van der Waals surface area contributed by atoms with Crippen LogP contribution >= 0.6 is 0 Å². The molecule has 118 valence electrons. The van der Waals surface area contributed by atoms with Crippen LogP contribution in [0, 0.1) is 11.3 Å². The number of hydrogen-bond acceptors (Lipinski definition) is 2. The third-order valence-corrected chi connectivity index (χ3v) is 4.93. The SMILES string of the molecule is CN(C)c1cccc(NC2CCCC(C(C)(C)C)CC2)c1. The fourth-order valence-electron chi connectivity index (χ4n) is 3.42. The summed E-state index contributed by atoms with van der Waals surface area (Å²) in [5.74, 6) is 0.873. The molecule has 21 heavy (non-hydrogen) atoms. The molecule has 1 aromatic carbocycles. The van der Waals surface area contributed by atoms with Crippen LogP contribution in [0.4, 0.5) is 11.4 Å². The monoisotopic (exact) mass is 288 g/mol. The van der Waals surface area contributed by atoms with Gasteiger partial charge in [-0.15, -0.1) is 0 Å². The molecule has 0 amide bonds. The Bertz CT molecular complexity index is 445. The molecule has 1 fully saturated rings. The van der Waals surface area contributed by atoms with Crippen molar-refractivity contribution in [2.75, 3.05) is 24.3 Å². The van der Waals surface area contributed by atoms with Crippen LogP contribution in [0.2, 0.25) is 0 Å². The topological polar surface area (TPSA) is 15.3 Å². The molecule has 1 aliphatic rings. The maximum atomic E-state index is 3.76. The summed E-state index contributed by atoms with van der Waals surface area (Å²) >= 11 is 0. The van der Waals surface area contributed by atoms with Gasteiger partial charge < -0.3 is 10.2 Å². The second kappa shape index (κ2) is 6.72. The Kier molecular flexibility index (Phi) is 5.18. The molecule has 0 bridgehead atoms. The molecule has 0 aromatic heterocycles. The van der Waals surface area contributed by atoms with Crippen molar-refractivity contribution in [1.82, 2.24) is 0 Å². The molecule has 0 heterocycles. The van der Waals surface area contributed by atoms with Gasteiger partial charge in [-0.1, -0.05) is 33.3 Å². The van der Waals surface area contributed by atoms with Gasteiger partial charge in [-0.05, 0) is 55.2 Å². The molecule has 1 N–H and O–H groups in total. The number of hydrogen-bond donors (Lipinski definition) is 1. The van der Waals surface area contributed by atoms with E-state index in [4.69, 9.17) is 0 Å². The highest BCUT2D eigenvalue weighted by atomic mass is 15.1. The van der Waals surface area contributed by atoms with Crippen molar-refractivity contribution in [3.8, 4) is 0 Å². The summed E-state index contributed by atoms with van der Waals surface area (Å²) in [6.07, 6.45) is 6.70. The first-order chi connectivity index (χ1) is 9.86. The second-order valence-electron chi connectivity index (χ2n) is 7.86. The normalized spacial score (nSPS) is 23.5. The summed E-state index contributed by atoms with van der Waals surface area (Å²) in [6.45, 7) is 7.18. The van der Waals surface area contributed by atoms with E-state index in [1.54, 1.807) is 0 Å². The minimum Gasteiger partial charge on any atom is -0.382 e. The van der Waals surface area contributed by atoms with Crippen molar-refractivity contribution in [2.24, 2.45) is 11.3 Å². The van der Waals surface area contributed by atoms with Gasteiger partial charge in [0.1, 0.15) is 0 Å². The molecule has 0 aliphatic heterocycles. The third-order valence-electron chi connectivity index (χ3n) is 4.93.